The molecule has 0 saturated heterocycles. The SMILES string of the molecule is OCC(Cc1ccccc1)Cn1ccnc1. The lowest BCUT2D eigenvalue weighted by molar-refractivity contribution is 0.210. The molecule has 16 heavy (non-hydrogen) atoms. The van der Waals surface area contributed by atoms with Crippen molar-refractivity contribution < 1.29 is 5.11 Å². The van der Waals surface area contributed by atoms with Crippen molar-refractivity contribution in [2.24, 2.45) is 5.92 Å². The topological polar surface area (TPSA) is 38.0 Å². The van der Waals surface area contributed by atoms with Crippen LogP contribution in [0.4, 0.5) is 0 Å². The smallest absolute Gasteiger partial charge is 0.0946 e. The number of aromatic nitrogens is 2. The highest BCUT2D eigenvalue weighted by atomic mass is 16.3. The van der Waals surface area contributed by atoms with Gasteiger partial charge in [0.1, 0.15) is 0 Å². The summed E-state index contributed by atoms with van der Waals surface area (Å²) in [6.07, 6.45) is 6.37. The molecule has 1 aromatic carbocycles. The molecule has 1 heterocycles. The Hall–Kier alpha value is -1.61. The van der Waals surface area contributed by atoms with Crippen molar-refractivity contribution >= 4 is 0 Å². The van der Waals surface area contributed by atoms with E-state index in [1.54, 1.807) is 12.5 Å². The number of hydrogen-bond donors (Lipinski definition) is 1. The first-order valence-electron chi connectivity index (χ1n) is 5.49. The number of rotatable bonds is 5. The lowest BCUT2D eigenvalue weighted by Gasteiger charge is -2.14. The highest BCUT2D eigenvalue weighted by molar-refractivity contribution is 5.15. The second kappa shape index (κ2) is 5.47. The van der Waals surface area contributed by atoms with Crippen LogP contribution < -0.4 is 0 Å². The van der Waals surface area contributed by atoms with E-state index in [2.05, 4.69) is 17.1 Å². The summed E-state index contributed by atoms with van der Waals surface area (Å²) in [4.78, 5) is 4.00. The van der Waals surface area contributed by atoms with Gasteiger partial charge in [0.2, 0.25) is 0 Å². The van der Waals surface area contributed by atoms with Crippen LogP contribution in [0.3, 0.4) is 0 Å². The Morgan fingerprint density at radius 2 is 2.06 bits per heavy atom. The summed E-state index contributed by atoms with van der Waals surface area (Å²) in [5, 5.41) is 9.35. The van der Waals surface area contributed by atoms with Gasteiger partial charge in [0.15, 0.2) is 0 Å². The van der Waals surface area contributed by atoms with Gasteiger partial charge < -0.3 is 9.67 Å². The lowest BCUT2D eigenvalue weighted by atomic mass is 10.00. The Morgan fingerprint density at radius 1 is 1.25 bits per heavy atom. The molecule has 1 atom stereocenters. The molecular formula is C13H16N2O. The largest absolute Gasteiger partial charge is 0.396 e. The van der Waals surface area contributed by atoms with Gasteiger partial charge in [-0.3, -0.25) is 0 Å². The summed E-state index contributed by atoms with van der Waals surface area (Å²) in [7, 11) is 0. The van der Waals surface area contributed by atoms with E-state index in [9.17, 15) is 5.11 Å². The van der Waals surface area contributed by atoms with E-state index in [0.717, 1.165) is 13.0 Å². The number of aliphatic hydroxyl groups excluding tert-OH is 1. The van der Waals surface area contributed by atoms with Crippen LogP contribution in [-0.4, -0.2) is 21.3 Å². The van der Waals surface area contributed by atoms with E-state index in [1.165, 1.54) is 5.56 Å². The Bertz CT molecular complexity index is 397. The molecule has 2 rings (SSSR count). The van der Waals surface area contributed by atoms with Gasteiger partial charge in [0.05, 0.1) is 6.33 Å². The molecule has 3 nitrogen and oxygen atoms in total. The lowest BCUT2D eigenvalue weighted by Crippen LogP contribution is -2.16. The molecule has 0 aliphatic heterocycles. The molecule has 0 amide bonds. The molecule has 0 fully saturated rings. The molecule has 0 spiro atoms. The maximum absolute atomic E-state index is 9.35. The summed E-state index contributed by atoms with van der Waals surface area (Å²) in [5.41, 5.74) is 1.27. The van der Waals surface area contributed by atoms with Crippen molar-refractivity contribution in [3.63, 3.8) is 0 Å². The molecule has 84 valence electrons. The summed E-state index contributed by atoms with van der Waals surface area (Å²) in [6, 6.07) is 10.3. The molecular weight excluding hydrogens is 200 g/mol. The van der Waals surface area contributed by atoms with Crippen LogP contribution >= 0.6 is 0 Å². The first-order valence-corrected chi connectivity index (χ1v) is 5.49. The zero-order chi connectivity index (χ0) is 11.2. The fourth-order valence-corrected chi connectivity index (χ4v) is 1.83. The second-order valence-electron chi connectivity index (χ2n) is 4.00. The summed E-state index contributed by atoms with van der Waals surface area (Å²) < 4.78 is 2.00. The normalized spacial score (nSPS) is 12.6. The Morgan fingerprint density at radius 3 is 2.69 bits per heavy atom. The Kier molecular flexibility index (Phi) is 3.72. The van der Waals surface area contributed by atoms with Gasteiger partial charge in [-0.25, -0.2) is 4.98 Å². The van der Waals surface area contributed by atoms with Crippen LogP contribution in [0, 0.1) is 5.92 Å². The standard InChI is InChI=1S/C13H16N2O/c16-10-13(9-15-7-6-14-11-15)8-12-4-2-1-3-5-12/h1-7,11,13,16H,8-10H2. The third-order valence-corrected chi connectivity index (χ3v) is 2.65. The van der Waals surface area contributed by atoms with Crippen molar-refractivity contribution in [1.29, 1.82) is 0 Å². The first-order chi connectivity index (χ1) is 7.88. The van der Waals surface area contributed by atoms with Crippen molar-refractivity contribution in [2.75, 3.05) is 6.61 Å². The van der Waals surface area contributed by atoms with Crippen molar-refractivity contribution in [3.8, 4) is 0 Å². The van der Waals surface area contributed by atoms with Crippen LogP contribution in [0.5, 0.6) is 0 Å². The van der Waals surface area contributed by atoms with E-state index in [4.69, 9.17) is 0 Å². The van der Waals surface area contributed by atoms with Crippen molar-refractivity contribution in [2.45, 2.75) is 13.0 Å². The predicted molar refractivity (Wildman–Crippen MR) is 62.9 cm³/mol. The zero-order valence-corrected chi connectivity index (χ0v) is 9.16. The molecule has 0 bridgehead atoms. The Balaban J connectivity index is 1.96. The number of benzene rings is 1. The number of aliphatic hydroxyl groups is 1. The van der Waals surface area contributed by atoms with Crippen molar-refractivity contribution in [3.05, 3.63) is 54.6 Å². The average molecular weight is 216 g/mol. The van der Waals surface area contributed by atoms with E-state index >= 15 is 0 Å². The molecule has 1 N–H and O–H groups in total. The predicted octanol–water partition coefficient (Wildman–Crippen LogP) is 1.73. The van der Waals surface area contributed by atoms with Crippen LogP contribution in [0.25, 0.3) is 0 Å². The highest BCUT2D eigenvalue weighted by Crippen LogP contribution is 2.10. The summed E-state index contributed by atoms with van der Waals surface area (Å²) >= 11 is 0. The number of hydrogen-bond acceptors (Lipinski definition) is 2. The Labute approximate surface area is 95.4 Å². The van der Waals surface area contributed by atoms with Crippen LogP contribution in [0.1, 0.15) is 5.56 Å². The third kappa shape index (κ3) is 2.94. The van der Waals surface area contributed by atoms with Crippen LogP contribution in [0.2, 0.25) is 0 Å². The van der Waals surface area contributed by atoms with Crippen molar-refractivity contribution in [1.82, 2.24) is 9.55 Å². The molecule has 1 unspecified atom stereocenters. The van der Waals surface area contributed by atoms with Crippen LogP contribution in [-0.2, 0) is 13.0 Å². The van der Waals surface area contributed by atoms with Gasteiger partial charge in [-0.1, -0.05) is 30.3 Å². The first kappa shape index (κ1) is 10.9. The zero-order valence-electron chi connectivity index (χ0n) is 9.16. The molecule has 3 heteroatoms. The van der Waals surface area contributed by atoms with E-state index < -0.39 is 0 Å². The second-order valence-corrected chi connectivity index (χ2v) is 4.00. The number of imidazole rings is 1. The number of nitrogens with zero attached hydrogens (tertiary/aromatic N) is 2. The molecule has 0 aliphatic rings. The monoisotopic (exact) mass is 216 g/mol. The quantitative estimate of drug-likeness (QED) is 0.826. The third-order valence-electron chi connectivity index (χ3n) is 2.65. The van der Waals surface area contributed by atoms with Gasteiger partial charge in [-0.15, -0.1) is 0 Å². The summed E-state index contributed by atoms with van der Waals surface area (Å²) in [5.74, 6) is 0.247. The highest BCUT2D eigenvalue weighted by Gasteiger charge is 2.08. The molecule has 0 saturated carbocycles. The van der Waals surface area contributed by atoms with Gasteiger partial charge in [-0.2, -0.15) is 0 Å². The molecule has 2 aromatic rings. The maximum atomic E-state index is 9.35. The van der Waals surface area contributed by atoms with E-state index in [0.29, 0.717) is 0 Å². The van der Waals surface area contributed by atoms with Gasteiger partial charge >= 0.3 is 0 Å². The fraction of sp³-hybridized carbons (Fsp3) is 0.308. The maximum Gasteiger partial charge on any atom is 0.0946 e. The molecule has 0 radical (unpaired) electrons. The summed E-state index contributed by atoms with van der Waals surface area (Å²) in [6.45, 7) is 1.01. The van der Waals surface area contributed by atoms with E-state index in [1.807, 2.05) is 29.0 Å². The molecule has 1 aromatic heterocycles. The average Bonchev–Trinajstić information content (AvgIpc) is 2.82. The van der Waals surface area contributed by atoms with Crippen LogP contribution in [0.15, 0.2) is 49.1 Å². The van der Waals surface area contributed by atoms with Gasteiger partial charge in [0, 0.05) is 31.5 Å². The minimum absolute atomic E-state index is 0.201. The fourth-order valence-electron chi connectivity index (χ4n) is 1.83. The minimum atomic E-state index is 0.201. The molecule has 0 aliphatic carbocycles. The van der Waals surface area contributed by atoms with Gasteiger partial charge in [-0.05, 0) is 12.0 Å². The minimum Gasteiger partial charge on any atom is -0.396 e. The van der Waals surface area contributed by atoms with E-state index in [-0.39, 0.29) is 12.5 Å². The van der Waals surface area contributed by atoms with Gasteiger partial charge in [0.25, 0.3) is 0 Å².